The zero-order valence-corrected chi connectivity index (χ0v) is 8.96. The molecule has 1 N–H and O–H groups in total. The van der Waals surface area contributed by atoms with Crippen molar-refractivity contribution in [2.24, 2.45) is 0 Å². The summed E-state index contributed by atoms with van der Waals surface area (Å²) in [5.41, 5.74) is 0.906. The van der Waals surface area contributed by atoms with Crippen LogP contribution in [-0.2, 0) is 0 Å². The van der Waals surface area contributed by atoms with Crippen molar-refractivity contribution >= 4 is 16.5 Å². The average molecular weight is 223 g/mol. The van der Waals surface area contributed by atoms with Crippen LogP contribution in [0.15, 0.2) is 30.5 Å². The number of rotatable bonds is 3. The van der Waals surface area contributed by atoms with Gasteiger partial charge in [0.05, 0.1) is 6.20 Å². The second-order valence-electron chi connectivity index (χ2n) is 3.20. The third-order valence-electron chi connectivity index (χ3n) is 2.07. The topological polar surface area (TPSA) is 37.8 Å². The highest BCUT2D eigenvalue weighted by atomic mass is 32.1. The Bertz CT molecular complexity index is 430. The first-order chi connectivity index (χ1) is 7.25. The third-order valence-corrected chi connectivity index (χ3v) is 2.66. The van der Waals surface area contributed by atoms with Crippen molar-refractivity contribution < 1.29 is 4.39 Å². The largest absolute Gasteiger partial charge is 0.368 e. The van der Waals surface area contributed by atoms with Gasteiger partial charge in [-0.1, -0.05) is 16.6 Å². The molecule has 0 aliphatic heterocycles. The highest BCUT2D eigenvalue weighted by Gasteiger charge is 2.06. The van der Waals surface area contributed by atoms with Crippen LogP contribution >= 0.6 is 11.5 Å². The average Bonchev–Trinajstić information content (AvgIpc) is 2.70. The van der Waals surface area contributed by atoms with Gasteiger partial charge in [-0.3, -0.25) is 0 Å². The maximum atomic E-state index is 13.0. The lowest BCUT2D eigenvalue weighted by molar-refractivity contribution is 0.624. The molecule has 1 unspecified atom stereocenters. The highest BCUT2D eigenvalue weighted by molar-refractivity contribution is 7.09. The van der Waals surface area contributed by atoms with Crippen LogP contribution in [-0.4, -0.2) is 9.59 Å². The molecule has 1 aromatic heterocycles. The molecule has 0 aliphatic rings. The van der Waals surface area contributed by atoms with Gasteiger partial charge in [0.2, 0.25) is 0 Å². The van der Waals surface area contributed by atoms with Gasteiger partial charge in [-0.05, 0) is 24.6 Å². The van der Waals surface area contributed by atoms with E-state index >= 15 is 0 Å². The number of anilines is 1. The minimum Gasteiger partial charge on any atom is -0.368 e. The van der Waals surface area contributed by atoms with Crippen LogP contribution in [0.3, 0.4) is 0 Å². The predicted molar refractivity (Wildman–Crippen MR) is 58.3 cm³/mol. The van der Waals surface area contributed by atoms with Crippen molar-refractivity contribution in [2.45, 2.75) is 13.0 Å². The van der Waals surface area contributed by atoms with Crippen LogP contribution in [0.2, 0.25) is 0 Å². The fraction of sp³-hybridized carbons (Fsp3) is 0.200. The Kier molecular flexibility index (Phi) is 2.91. The fourth-order valence-corrected chi connectivity index (χ4v) is 1.81. The molecule has 0 radical (unpaired) electrons. The molecule has 2 rings (SSSR count). The SMILES string of the molecule is CC(Nc1cnns1)c1cccc(F)c1. The minimum absolute atomic E-state index is 0.0444. The van der Waals surface area contributed by atoms with E-state index in [9.17, 15) is 4.39 Å². The van der Waals surface area contributed by atoms with E-state index in [-0.39, 0.29) is 11.9 Å². The van der Waals surface area contributed by atoms with Crippen LogP contribution in [0, 0.1) is 5.82 Å². The first kappa shape index (κ1) is 10.0. The van der Waals surface area contributed by atoms with E-state index in [1.165, 1.54) is 23.7 Å². The first-order valence-electron chi connectivity index (χ1n) is 4.55. The predicted octanol–water partition coefficient (Wildman–Crippen LogP) is 2.85. The van der Waals surface area contributed by atoms with Crippen LogP contribution in [0.25, 0.3) is 0 Å². The van der Waals surface area contributed by atoms with Crippen molar-refractivity contribution in [3.63, 3.8) is 0 Å². The van der Waals surface area contributed by atoms with Crippen molar-refractivity contribution in [1.82, 2.24) is 9.59 Å². The van der Waals surface area contributed by atoms with E-state index in [1.807, 2.05) is 13.0 Å². The van der Waals surface area contributed by atoms with Gasteiger partial charge in [-0.25, -0.2) is 4.39 Å². The molecule has 78 valence electrons. The summed E-state index contributed by atoms with van der Waals surface area (Å²) < 4.78 is 16.7. The number of halogens is 1. The summed E-state index contributed by atoms with van der Waals surface area (Å²) in [6.45, 7) is 1.97. The Balaban J connectivity index is 2.11. The number of nitrogens with one attached hydrogen (secondary N) is 1. The Morgan fingerprint density at radius 2 is 2.33 bits per heavy atom. The van der Waals surface area contributed by atoms with E-state index in [4.69, 9.17) is 0 Å². The van der Waals surface area contributed by atoms with Gasteiger partial charge in [0.25, 0.3) is 0 Å². The van der Waals surface area contributed by atoms with Crippen LogP contribution < -0.4 is 5.32 Å². The van der Waals surface area contributed by atoms with E-state index < -0.39 is 0 Å². The van der Waals surface area contributed by atoms with Gasteiger partial charge in [0.15, 0.2) is 0 Å². The van der Waals surface area contributed by atoms with E-state index in [0.29, 0.717) is 0 Å². The normalized spacial score (nSPS) is 12.4. The van der Waals surface area contributed by atoms with Crippen molar-refractivity contribution in [3.05, 3.63) is 41.8 Å². The molecular formula is C10H10FN3S. The summed E-state index contributed by atoms with van der Waals surface area (Å²) in [6, 6.07) is 6.59. The van der Waals surface area contributed by atoms with E-state index in [1.54, 1.807) is 12.3 Å². The minimum atomic E-state index is -0.219. The zero-order valence-electron chi connectivity index (χ0n) is 8.14. The maximum Gasteiger partial charge on any atom is 0.130 e. The second kappa shape index (κ2) is 4.35. The summed E-state index contributed by atoms with van der Waals surface area (Å²) in [5.74, 6) is -0.219. The molecule has 2 aromatic rings. The molecule has 0 aliphatic carbocycles. The number of hydrogen-bond donors (Lipinski definition) is 1. The highest BCUT2D eigenvalue weighted by Crippen LogP contribution is 2.20. The number of benzene rings is 1. The van der Waals surface area contributed by atoms with Gasteiger partial charge in [-0.2, -0.15) is 0 Å². The van der Waals surface area contributed by atoms with Crippen LogP contribution in [0.4, 0.5) is 9.39 Å². The van der Waals surface area contributed by atoms with Gasteiger partial charge in [0, 0.05) is 17.6 Å². The summed E-state index contributed by atoms with van der Waals surface area (Å²) in [7, 11) is 0. The monoisotopic (exact) mass is 223 g/mol. The molecule has 15 heavy (non-hydrogen) atoms. The molecule has 1 aromatic carbocycles. The molecule has 0 amide bonds. The Hall–Kier alpha value is -1.49. The zero-order chi connectivity index (χ0) is 10.7. The molecular weight excluding hydrogens is 213 g/mol. The molecule has 0 saturated carbocycles. The summed E-state index contributed by atoms with van der Waals surface area (Å²) in [6.07, 6.45) is 1.65. The lowest BCUT2D eigenvalue weighted by atomic mass is 10.1. The third kappa shape index (κ3) is 2.50. The Morgan fingerprint density at radius 1 is 1.47 bits per heavy atom. The van der Waals surface area contributed by atoms with Crippen molar-refractivity contribution in [2.75, 3.05) is 5.32 Å². The summed E-state index contributed by atoms with van der Waals surface area (Å²) in [5, 5.41) is 7.79. The van der Waals surface area contributed by atoms with Gasteiger partial charge >= 0.3 is 0 Å². The molecule has 3 nitrogen and oxygen atoms in total. The van der Waals surface area contributed by atoms with Gasteiger partial charge in [0.1, 0.15) is 10.8 Å². The summed E-state index contributed by atoms with van der Waals surface area (Å²) >= 11 is 1.28. The number of hydrogen-bond acceptors (Lipinski definition) is 4. The first-order valence-corrected chi connectivity index (χ1v) is 5.32. The molecule has 0 fully saturated rings. The molecule has 0 spiro atoms. The van der Waals surface area contributed by atoms with Crippen molar-refractivity contribution in [3.8, 4) is 0 Å². The standard InChI is InChI=1S/C10H10FN3S/c1-7(13-10-6-12-14-15-10)8-3-2-4-9(11)5-8/h2-7,13H,1H3. The Labute approximate surface area is 91.1 Å². The maximum absolute atomic E-state index is 13.0. The molecule has 1 heterocycles. The van der Waals surface area contributed by atoms with Gasteiger partial charge < -0.3 is 5.32 Å². The fourth-order valence-electron chi connectivity index (χ4n) is 1.30. The lowest BCUT2D eigenvalue weighted by Gasteiger charge is -2.13. The van der Waals surface area contributed by atoms with Gasteiger partial charge in [-0.15, -0.1) is 5.10 Å². The summed E-state index contributed by atoms with van der Waals surface area (Å²) in [4.78, 5) is 0. The van der Waals surface area contributed by atoms with Crippen molar-refractivity contribution in [1.29, 1.82) is 0 Å². The Morgan fingerprint density at radius 3 is 3.00 bits per heavy atom. The van der Waals surface area contributed by atoms with E-state index in [0.717, 1.165) is 10.6 Å². The smallest absolute Gasteiger partial charge is 0.130 e. The van der Waals surface area contributed by atoms with Crippen LogP contribution in [0.5, 0.6) is 0 Å². The quantitative estimate of drug-likeness (QED) is 0.869. The number of aromatic nitrogens is 2. The second-order valence-corrected chi connectivity index (χ2v) is 3.99. The lowest BCUT2D eigenvalue weighted by Crippen LogP contribution is -2.05. The molecule has 1 atom stereocenters. The molecule has 0 saturated heterocycles. The molecule has 5 heteroatoms. The van der Waals surface area contributed by atoms with Crippen LogP contribution in [0.1, 0.15) is 18.5 Å². The number of nitrogens with zero attached hydrogens (tertiary/aromatic N) is 2. The van der Waals surface area contributed by atoms with E-state index in [2.05, 4.69) is 14.9 Å². The molecule has 0 bridgehead atoms.